The lowest BCUT2D eigenvalue weighted by atomic mass is 9.81. The van der Waals surface area contributed by atoms with Gasteiger partial charge in [0.1, 0.15) is 0 Å². The fourth-order valence-corrected chi connectivity index (χ4v) is 4.43. The van der Waals surface area contributed by atoms with Gasteiger partial charge in [0, 0.05) is 45.3 Å². The molecule has 0 spiro atoms. The summed E-state index contributed by atoms with van der Waals surface area (Å²) in [6.07, 6.45) is 10.2. The van der Waals surface area contributed by atoms with Gasteiger partial charge >= 0.3 is 0 Å². The van der Waals surface area contributed by atoms with Crippen LogP contribution in [0.3, 0.4) is 0 Å². The number of hydrogen-bond acceptors (Lipinski definition) is 3. The lowest BCUT2D eigenvalue weighted by Gasteiger charge is -2.36. The first kappa shape index (κ1) is 19.4. The van der Waals surface area contributed by atoms with E-state index in [4.69, 9.17) is 0 Å². The highest BCUT2D eigenvalue weighted by Crippen LogP contribution is 2.31. The summed E-state index contributed by atoms with van der Waals surface area (Å²) < 4.78 is 1.65. The molecule has 3 heterocycles. The zero-order chi connectivity index (χ0) is 20.2. The fraction of sp³-hybridized carbons (Fsp3) is 0.435. The molecule has 2 aliphatic rings. The number of amides is 2. The second kappa shape index (κ2) is 8.64. The van der Waals surface area contributed by atoms with Crippen LogP contribution in [0.15, 0.2) is 54.9 Å². The van der Waals surface area contributed by atoms with E-state index in [0.717, 1.165) is 24.8 Å². The molecular weight excluding hydrogens is 364 g/mol. The minimum atomic E-state index is 0.00751. The maximum atomic E-state index is 13.3. The second-order valence-electron chi connectivity index (χ2n) is 8.05. The molecule has 6 nitrogen and oxygen atoms in total. The first-order chi connectivity index (χ1) is 14.1. The van der Waals surface area contributed by atoms with E-state index in [-0.39, 0.29) is 17.7 Å². The highest BCUT2D eigenvalue weighted by atomic mass is 16.2. The number of piperidine rings is 1. The van der Waals surface area contributed by atoms with Crippen molar-refractivity contribution in [3.63, 3.8) is 0 Å². The summed E-state index contributed by atoms with van der Waals surface area (Å²) >= 11 is 0. The number of hydrogen-bond donors (Lipinski definition) is 0. The van der Waals surface area contributed by atoms with E-state index < -0.39 is 0 Å². The third-order valence-electron chi connectivity index (χ3n) is 6.08. The van der Waals surface area contributed by atoms with Crippen LogP contribution in [-0.4, -0.2) is 51.0 Å². The molecule has 6 heteroatoms. The molecule has 2 aliphatic heterocycles. The zero-order valence-corrected chi connectivity index (χ0v) is 16.9. The first-order valence-corrected chi connectivity index (χ1v) is 10.4. The molecule has 1 atom stereocenters. The second-order valence-corrected chi connectivity index (χ2v) is 8.05. The molecule has 0 saturated carbocycles. The van der Waals surface area contributed by atoms with Crippen molar-refractivity contribution in [3.8, 4) is 0 Å². The van der Waals surface area contributed by atoms with Gasteiger partial charge in [0.15, 0.2) is 0 Å². The third-order valence-corrected chi connectivity index (χ3v) is 6.08. The van der Waals surface area contributed by atoms with Crippen LogP contribution < -0.4 is 0 Å². The minimum absolute atomic E-state index is 0.00751. The summed E-state index contributed by atoms with van der Waals surface area (Å²) in [5.41, 5.74) is 1.79. The van der Waals surface area contributed by atoms with E-state index in [0.29, 0.717) is 37.7 Å². The Bertz CT molecular complexity index is 881. The van der Waals surface area contributed by atoms with Gasteiger partial charge in [-0.15, -0.1) is 0 Å². The number of likely N-dealkylation sites (tertiary alicyclic amines) is 1. The van der Waals surface area contributed by atoms with Crippen LogP contribution in [0, 0.1) is 11.8 Å². The van der Waals surface area contributed by atoms with Gasteiger partial charge < -0.3 is 9.80 Å². The molecule has 1 unspecified atom stereocenters. The number of benzene rings is 1. The molecule has 0 aliphatic carbocycles. The molecule has 0 bridgehead atoms. The van der Waals surface area contributed by atoms with E-state index >= 15 is 0 Å². The molecule has 0 N–H and O–H groups in total. The van der Waals surface area contributed by atoms with Crippen molar-refractivity contribution in [1.82, 2.24) is 19.6 Å². The molecule has 1 aromatic heterocycles. The lowest BCUT2D eigenvalue weighted by molar-refractivity contribution is -0.137. The minimum Gasteiger partial charge on any atom is -0.339 e. The maximum absolute atomic E-state index is 13.3. The molecule has 1 fully saturated rings. The van der Waals surface area contributed by atoms with Gasteiger partial charge in [0.25, 0.3) is 5.91 Å². The van der Waals surface area contributed by atoms with Gasteiger partial charge in [-0.05, 0) is 30.7 Å². The normalized spacial score (nSPS) is 20.7. The molecule has 152 valence electrons. The molecule has 2 aromatic rings. The SMILES string of the molecule is Cn1cc(C(=O)N2CCC(C3CC=CCN(Cc4ccccc4)C3=O)CC2)cn1. The average molecular weight is 393 g/mol. The summed E-state index contributed by atoms with van der Waals surface area (Å²) in [7, 11) is 1.81. The van der Waals surface area contributed by atoms with Crippen LogP contribution in [0.5, 0.6) is 0 Å². The molecule has 1 aromatic carbocycles. The fourth-order valence-electron chi connectivity index (χ4n) is 4.43. The topological polar surface area (TPSA) is 58.4 Å². The number of nitrogens with zero attached hydrogens (tertiary/aromatic N) is 4. The molecule has 29 heavy (non-hydrogen) atoms. The quantitative estimate of drug-likeness (QED) is 0.752. The molecule has 1 saturated heterocycles. The van der Waals surface area contributed by atoms with Crippen molar-refractivity contribution in [1.29, 1.82) is 0 Å². The van der Waals surface area contributed by atoms with Crippen molar-refractivity contribution in [2.75, 3.05) is 19.6 Å². The monoisotopic (exact) mass is 392 g/mol. The van der Waals surface area contributed by atoms with Crippen LogP contribution in [0.1, 0.15) is 35.2 Å². The average Bonchev–Trinajstić information content (AvgIpc) is 3.11. The summed E-state index contributed by atoms with van der Waals surface area (Å²) in [6.45, 7) is 2.72. The van der Waals surface area contributed by atoms with E-state index in [1.807, 2.05) is 35.0 Å². The lowest BCUT2D eigenvalue weighted by Crippen LogP contribution is -2.44. The highest BCUT2D eigenvalue weighted by Gasteiger charge is 2.35. The van der Waals surface area contributed by atoms with Crippen molar-refractivity contribution in [2.24, 2.45) is 18.9 Å². The Hall–Kier alpha value is -2.89. The van der Waals surface area contributed by atoms with E-state index in [1.165, 1.54) is 0 Å². The van der Waals surface area contributed by atoms with Crippen LogP contribution in [0.25, 0.3) is 0 Å². The van der Waals surface area contributed by atoms with E-state index in [9.17, 15) is 9.59 Å². The standard InChI is InChI=1S/C23H28N4O2/c1-25-17-20(15-24-25)22(28)26-13-10-19(11-14-26)21-9-5-6-12-27(23(21)29)16-18-7-3-2-4-8-18/h2-8,15,17,19,21H,9-14,16H2,1H3. The van der Waals surface area contributed by atoms with E-state index in [2.05, 4.69) is 29.4 Å². The predicted molar refractivity (Wildman–Crippen MR) is 111 cm³/mol. The largest absolute Gasteiger partial charge is 0.339 e. The number of allylic oxidation sites excluding steroid dienone is 1. The molecular formula is C23H28N4O2. The number of aromatic nitrogens is 2. The van der Waals surface area contributed by atoms with Gasteiger partial charge in [0.2, 0.25) is 5.91 Å². The van der Waals surface area contributed by atoms with Gasteiger partial charge in [-0.3, -0.25) is 14.3 Å². The van der Waals surface area contributed by atoms with Crippen molar-refractivity contribution in [3.05, 3.63) is 66.0 Å². The number of carbonyl (C=O) groups is 2. The van der Waals surface area contributed by atoms with Crippen LogP contribution >= 0.6 is 0 Å². The van der Waals surface area contributed by atoms with Gasteiger partial charge in [-0.1, -0.05) is 42.5 Å². The van der Waals surface area contributed by atoms with Gasteiger partial charge in [-0.25, -0.2) is 0 Å². The van der Waals surface area contributed by atoms with Crippen molar-refractivity contribution < 1.29 is 9.59 Å². The Kier molecular flexibility index (Phi) is 5.79. The predicted octanol–water partition coefficient (Wildman–Crippen LogP) is 2.88. The highest BCUT2D eigenvalue weighted by molar-refractivity contribution is 5.93. The molecule has 0 radical (unpaired) electrons. The van der Waals surface area contributed by atoms with Crippen LogP contribution in [0.2, 0.25) is 0 Å². The third kappa shape index (κ3) is 4.42. The molecule has 2 amide bonds. The summed E-state index contributed by atoms with van der Waals surface area (Å²) in [5, 5.41) is 4.10. The Morgan fingerprint density at radius 3 is 2.59 bits per heavy atom. The summed E-state index contributed by atoms with van der Waals surface area (Å²) in [5.74, 6) is 0.611. The van der Waals surface area contributed by atoms with Gasteiger partial charge in [0.05, 0.1) is 11.8 Å². The van der Waals surface area contributed by atoms with E-state index in [1.54, 1.807) is 17.1 Å². The zero-order valence-electron chi connectivity index (χ0n) is 16.9. The number of carbonyl (C=O) groups excluding carboxylic acids is 2. The van der Waals surface area contributed by atoms with Gasteiger partial charge in [-0.2, -0.15) is 5.10 Å². The summed E-state index contributed by atoms with van der Waals surface area (Å²) in [6, 6.07) is 10.2. The summed E-state index contributed by atoms with van der Waals surface area (Å²) in [4.78, 5) is 29.8. The van der Waals surface area contributed by atoms with Crippen LogP contribution in [0.4, 0.5) is 0 Å². The first-order valence-electron chi connectivity index (χ1n) is 10.4. The van der Waals surface area contributed by atoms with Crippen molar-refractivity contribution in [2.45, 2.75) is 25.8 Å². The number of aryl methyl sites for hydroxylation is 1. The Morgan fingerprint density at radius 2 is 1.90 bits per heavy atom. The molecule has 4 rings (SSSR count). The Morgan fingerprint density at radius 1 is 1.14 bits per heavy atom. The van der Waals surface area contributed by atoms with Crippen LogP contribution in [-0.2, 0) is 18.4 Å². The maximum Gasteiger partial charge on any atom is 0.257 e. The Balaban J connectivity index is 1.38. The smallest absolute Gasteiger partial charge is 0.257 e. The van der Waals surface area contributed by atoms with Crippen molar-refractivity contribution >= 4 is 11.8 Å². The number of rotatable bonds is 4. The Labute approximate surface area is 171 Å².